The molecule has 1 aliphatic rings. The van der Waals surface area contributed by atoms with Crippen molar-refractivity contribution in [3.05, 3.63) is 102 Å². The van der Waals surface area contributed by atoms with Gasteiger partial charge in [-0.25, -0.2) is 14.1 Å². The standard InChI is InChI=1S/C24H14Br2FN3O6/c25-19-10-14(11-20(26)21(19)36-12-13-2-1-3-15(27)8-13)9-18-22(31)28-24(33)29(23(18)32)16-4-6-17(7-5-16)30(34)35/h1-11H,12H2,(H,28,31,33)/b18-9+. The Bertz CT molecular complexity index is 1420. The van der Waals surface area contributed by atoms with Gasteiger partial charge >= 0.3 is 6.03 Å². The Balaban J connectivity index is 1.60. The van der Waals surface area contributed by atoms with Gasteiger partial charge in [0.05, 0.1) is 19.6 Å². The van der Waals surface area contributed by atoms with E-state index >= 15 is 0 Å². The summed E-state index contributed by atoms with van der Waals surface area (Å²) in [6.45, 7) is 0.0998. The third-order valence-corrected chi connectivity index (χ3v) is 6.20. The molecule has 3 aromatic carbocycles. The van der Waals surface area contributed by atoms with Gasteiger partial charge in [-0.3, -0.25) is 25.0 Å². The molecule has 0 radical (unpaired) electrons. The van der Waals surface area contributed by atoms with Gasteiger partial charge in [-0.15, -0.1) is 0 Å². The second kappa shape index (κ2) is 10.4. The SMILES string of the molecule is O=C1NC(=O)N(c2ccc([N+](=O)[O-])cc2)C(=O)/C1=C/c1cc(Br)c(OCc2cccc(F)c2)c(Br)c1. The number of imide groups is 2. The van der Waals surface area contributed by atoms with Crippen LogP contribution >= 0.6 is 31.9 Å². The van der Waals surface area contributed by atoms with E-state index in [9.17, 15) is 28.9 Å². The Morgan fingerprint density at radius 3 is 2.31 bits per heavy atom. The van der Waals surface area contributed by atoms with Crippen molar-refractivity contribution in [2.24, 2.45) is 0 Å². The number of nitrogens with one attached hydrogen (secondary N) is 1. The molecule has 0 saturated carbocycles. The molecule has 0 unspecified atom stereocenters. The number of rotatable bonds is 6. The normalized spacial score (nSPS) is 14.7. The second-order valence-corrected chi connectivity index (χ2v) is 9.17. The molecule has 4 amide bonds. The number of halogens is 3. The molecule has 0 spiro atoms. The quantitative estimate of drug-likeness (QED) is 0.169. The van der Waals surface area contributed by atoms with Crippen LogP contribution in [0.1, 0.15) is 11.1 Å². The maximum atomic E-state index is 13.4. The van der Waals surface area contributed by atoms with E-state index in [0.29, 0.717) is 25.8 Å². The number of nitrogens with zero attached hydrogens (tertiary/aromatic N) is 2. The Hall–Kier alpha value is -3.90. The van der Waals surface area contributed by atoms with E-state index in [1.165, 1.54) is 30.3 Å². The summed E-state index contributed by atoms with van der Waals surface area (Å²) in [7, 11) is 0. The van der Waals surface area contributed by atoms with E-state index in [0.717, 1.165) is 17.0 Å². The van der Waals surface area contributed by atoms with Crippen LogP contribution in [0.5, 0.6) is 5.75 Å². The average Bonchev–Trinajstić information content (AvgIpc) is 2.81. The number of hydrogen-bond acceptors (Lipinski definition) is 6. The summed E-state index contributed by atoms with van der Waals surface area (Å²) < 4.78 is 20.2. The van der Waals surface area contributed by atoms with Crippen molar-refractivity contribution in [1.82, 2.24) is 5.32 Å². The van der Waals surface area contributed by atoms with Crippen LogP contribution < -0.4 is 15.0 Å². The van der Waals surface area contributed by atoms with Crippen molar-refractivity contribution in [1.29, 1.82) is 0 Å². The minimum absolute atomic E-state index is 0.0601. The summed E-state index contributed by atoms with van der Waals surface area (Å²) in [4.78, 5) is 48.8. The van der Waals surface area contributed by atoms with Crippen molar-refractivity contribution >= 4 is 67.2 Å². The summed E-state index contributed by atoms with van der Waals surface area (Å²) >= 11 is 6.79. The lowest BCUT2D eigenvalue weighted by atomic mass is 10.1. The van der Waals surface area contributed by atoms with Gasteiger partial charge in [-0.2, -0.15) is 0 Å². The zero-order chi connectivity index (χ0) is 26.0. The van der Waals surface area contributed by atoms with E-state index in [-0.39, 0.29) is 29.4 Å². The lowest BCUT2D eigenvalue weighted by Crippen LogP contribution is -2.54. The fourth-order valence-electron chi connectivity index (χ4n) is 3.37. The molecular weight excluding hydrogens is 605 g/mol. The largest absolute Gasteiger partial charge is 0.487 e. The minimum Gasteiger partial charge on any atom is -0.487 e. The number of amides is 4. The number of anilines is 1. The van der Waals surface area contributed by atoms with Gasteiger partial charge in [0.25, 0.3) is 17.5 Å². The molecule has 182 valence electrons. The first-order valence-electron chi connectivity index (χ1n) is 10.2. The molecule has 1 heterocycles. The number of ether oxygens (including phenoxy) is 1. The third-order valence-electron chi connectivity index (χ3n) is 5.02. The highest BCUT2D eigenvalue weighted by atomic mass is 79.9. The minimum atomic E-state index is -0.973. The maximum absolute atomic E-state index is 13.4. The van der Waals surface area contributed by atoms with Crippen LogP contribution in [0, 0.1) is 15.9 Å². The molecule has 1 fully saturated rings. The van der Waals surface area contributed by atoms with E-state index < -0.39 is 22.8 Å². The van der Waals surface area contributed by atoms with Gasteiger partial charge in [0, 0.05) is 12.1 Å². The number of barbiturate groups is 1. The Morgan fingerprint density at radius 2 is 1.69 bits per heavy atom. The number of carbonyl (C=O) groups is 3. The number of non-ortho nitro benzene ring substituents is 1. The number of urea groups is 1. The molecule has 0 aliphatic carbocycles. The summed E-state index contributed by atoms with van der Waals surface area (Å²) in [6, 6.07) is 13.0. The molecule has 0 atom stereocenters. The molecule has 1 aliphatic heterocycles. The van der Waals surface area contributed by atoms with E-state index in [1.54, 1.807) is 24.3 Å². The predicted molar refractivity (Wildman–Crippen MR) is 135 cm³/mol. The molecule has 0 aromatic heterocycles. The molecule has 12 heteroatoms. The molecule has 9 nitrogen and oxygen atoms in total. The highest BCUT2D eigenvalue weighted by Gasteiger charge is 2.37. The predicted octanol–water partition coefficient (Wildman–Crippen LogP) is 5.50. The van der Waals surface area contributed by atoms with Crippen LogP contribution in [0.3, 0.4) is 0 Å². The van der Waals surface area contributed by atoms with E-state index in [4.69, 9.17) is 4.74 Å². The first kappa shape index (κ1) is 25.2. The van der Waals surface area contributed by atoms with Crippen molar-refractivity contribution in [3.63, 3.8) is 0 Å². The molecule has 1 saturated heterocycles. The van der Waals surface area contributed by atoms with Gasteiger partial charge in [0.1, 0.15) is 23.7 Å². The molecule has 0 bridgehead atoms. The van der Waals surface area contributed by atoms with Gasteiger partial charge in [-0.05, 0) is 85.5 Å². The zero-order valence-electron chi connectivity index (χ0n) is 18.0. The van der Waals surface area contributed by atoms with Crippen LogP contribution in [-0.4, -0.2) is 22.8 Å². The van der Waals surface area contributed by atoms with E-state index in [1.807, 2.05) is 0 Å². The van der Waals surface area contributed by atoms with Crippen LogP contribution in [0.15, 0.2) is 75.2 Å². The molecule has 1 N–H and O–H groups in total. The molecule has 4 rings (SSSR count). The molecule has 36 heavy (non-hydrogen) atoms. The fourth-order valence-corrected chi connectivity index (χ4v) is 4.82. The van der Waals surface area contributed by atoms with E-state index in [2.05, 4.69) is 37.2 Å². The van der Waals surface area contributed by atoms with Crippen LogP contribution in [0.25, 0.3) is 6.08 Å². The van der Waals surface area contributed by atoms with Crippen LogP contribution in [0.4, 0.5) is 20.6 Å². The topological polar surface area (TPSA) is 119 Å². The maximum Gasteiger partial charge on any atom is 0.335 e. The van der Waals surface area contributed by atoms with Crippen molar-refractivity contribution < 1.29 is 28.4 Å². The molecular formula is C24H14Br2FN3O6. The number of hydrogen-bond donors (Lipinski definition) is 1. The highest BCUT2D eigenvalue weighted by molar-refractivity contribution is 9.11. The Labute approximate surface area is 220 Å². The van der Waals surface area contributed by atoms with Gasteiger partial charge in [0.2, 0.25) is 0 Å². The second-order valence-electron chi connectivity index (χ2n) is 7.46. The number of benzene rings is 3. The smallest absolute Gasteiger partial charge is 0.335 e. The highest BCUT2D eigenvalue weighted by Crippen LogP contribution is 2.36. The molecule has 3 aromatic rings. The summed E-state index contributed by atoms with van der Waals surface area (Å²) in [5.41, 5.74) is 0.582. The monoisotopic (exact) mass is 617 g/mol. The number of nitro groups is 1. The van der Waals surface area contributed by atoms with Crippen LogP contribution in [0.2, 0.25) is 0 Å². The third kappa shape index (κ3) is 5.34. The zero-order valence-corrected chi connectivity index (χ0v) is 21.2. The summed E-state index contributed by atoms with van der Waals surface area (Å²) in [6.07, 6.45) is 1.30. The lowest BCUT2D eigenvalue weighted by molar-refractivity contribution is -0.384. The number of nitro benzene ring substituents is 1. The lowest BCUT2D eigenvalue weighted by Gasteiger charge is -2.26. The first-order valence-corrected chi connectivity index (χ1v) is 11.7. The van der Waals surface area contributed by atoms with Gasteiger partial charge in [-0.1, -0.05) is 12.1 Å². The average molecular weight is 619 g/mol. The fraction of sp³-hybridized carbons (Fsp3) is 0.0417. The Morgan fingerprint density at radius 1 is 1.03 bits per heavy atom. The number of carbonyl (C=O) groups excluding carboxylic acids is 3. The van der Waals surface area contributed by atoms with Gasteiger partial charge in [0.15, 0.2) is 0 Å². The Kier molecular flexibility index (Phi) is 7.27. The van der Waals surface area contributed by atoms with Crippen molar-refractivity contribution in [2.45, 2.75) is 6.61 Å². The van der Waals surface area contributed by atoms with Gasteiger partial charge < -0.3 is 4.74 Å². The van der Waals surface area contributed by atoms with Crippen molar-refractivity contribution in [3.8, 4) is 5.75 Å². The van der Waals surface area contributed by atoms with Crippen LogP contribution in [-0.2, 0) is 16.2 Å². The first-order chi connectivity index (χ1) is 17.1. The van der Waals surface area contributed by atoms with Crippen molar-refractivity contribution in [2.75, 3.05) is 4.90 Å². The summed E-state index contributed by atoms with van der Waals surface area (Å²) in [5.74, 6) is -1.74. The summed E-state index contributed by atoms with van der Waals surface area (Å²) in [5, 5.41) is 13.0.